The van der Waals surface area contributed by atoms with E-state index in [-0.39, 0.29) is 23.8 Å². The van der Waals surface area contributed by atoms with E-state index in [9.17, 15) is 9.59 Å². The fourth-order valence-corrected chi connectivity index (χ4v) is 3.30. The van der Waals surface area contributed by atoms with E-state index < -0.39 is 0 Å². The molecule has 5 heteroatoms. The van der Waals surface area contributed by atoms with Gasteiger partial charge < -0.3 is 10.3 Å². The Hall–Kier alpha value is -2.95. The number of nitrogens with zero attached hydrogens (tertiary/aromatic N) is 1. The Kier molecular flexibility index (Phi) is 3.01. The predicted molar refractivity (Wildman–Crippen MR) is 88.6 cm³/mol. The molecule has 114 valence electrons. The number of aromatic nitrogens is 2. The highest BCUT2D eigenvalue weighted by Crippen LogP contribution is 2.37. The SMILES string of the molecule is Cc1nc2c(c(=O)[nH]1)[C@H](c1cccc3ccccc13)CC(=O)N2. The number of hydrogen-bond donors (Lipinski definition) is 2. The van der Waals surface area contributed by atoms with Crippen LogP contribution in [0.4, 0.5) is 5.82 Å². The fraction of sp³-hybridized carbons (Fsp3) is 0.167. The zero-order valence-electron chi connectivity index (χ0n) is 12.6. The molecule has 1 amide bonds. The number of aryl methyl sites for hydroxylation is 1. The Bertz CT molecular complexity index is 986. The molecule has 4 rings (SSSR count). The van der Waals surface area contributed by atoms with Crippen molar-refractivity contribution < 1.29 is 4.79 Å². The van der Waals surface area contributed by atoms with E-state index in [0.29, 0.717) is 17.2 Å². The minimum Gasteiger partial charge on any atom is -0.310 e. The van der Waals surface area contributed by atoms with E-state index in [0.717, 1.165) is 16.3 Å². The van der Waals surface area contributed by atoms with Crippen molar-refractivity contribution in [1.29, 1.82) is 0 Å². The van der Waals surface area contributed by atoms with Gasteiger partial charge in [0.2, 0.25) is 5.91 Å². The highest BCUT2D eigenvalue weighted by molar-refractivity contribution is 5.95. The first kappa shape index (κ1) is 13.7. The lowest BCUT2D eigenvalue weighted by Gasteiger charge is -2.25. The smallest absolute Gasteiger partial charge is 0.256 e. The molecule has 0 unspecified atom stereocenters. The number of nitrogens with one attached hydrogen (secondary N) is 2. The number of amides is 1. The number of H-pyrrole nitrogens is 1. The molecule has 0 aliphatic carbocycles. The summed E-state index contributed by atoms with van der Waals surface area (Å²) < 4.78 is 0. The van der Waals surface area contributed by atoms with Crippen molar-refractivity contribution in [1.82, 2.24) is 9.97 Å². The van der Waals surface area contributed by atoms with Gasteiger partial charge in [-0.25, -0.2) is 4.98 Å². The molecule has 1 aromatic heterocycles. The van der Waals surface area contributed by atoms with Gasteiger partial charge in [0, 0.05) is 12.3 Å². The van der Waals surface area contributed by atoms with Gasteiger partial charge >= 0.3 is 0 Å². The predicted octanol–water partition coefficient (Wildman–Crippen LogP) is 2.71. The molecule has 0 bridgehead atoms. The first-order valence-electron chi connectivity index (χ1n) is 7.52. The molecule has 0 fully saturated rings. The van der Waals surface area contributed by atoms with Crippen LogP contribution in [0.2, 0.25) is 0 Å². The molecule has 5 nitrogen and oxygen atoms in total. The van der Waals surface area contributed by atoms with Gasteiger partial charge in [-0.2, -0.15) is 0 Å². The van der Waals surface area contributed by atoms with Crippen LogP contribution >= 0.6 is 0 Å². The Balaban J connectivity index is 2.00. The van der Waals surface area contributed by atoms with Crippen LogP contribution in [-0.2, 0) is 4.79 Å². The second kappa shape index (κ2) is 5.05. The third-order valence-corrected chi connectivity index (χ3v) is 4.27. The largest absolute Gasteiger partial charge is 0.310 e. The zero-order valence-corrected chi connectivity index (χ0v) is 12.6. The average molecular weight is 305 g/mol. The second-order valence-electron chi connectivity index (χ2n) is 5.79. The highest BCUT2D eigenvalue weighted by Gasteiger charge is 2.31. The number of aromatic amines is 1. The van der Waals surface area contributed by atoms with Gasteiger partial charge in [0.15, 0.2) is 0 Å². The van der Waals surface area contributed by atoms with Crippen molar-refractivity contribution >= 4 is 22.5 Å². The average Bonchev–Trinajstić information content (AvgIpc) is 2.52. The van der Waals surface area contributed by atoms with Crippen molar-refractivity contribution in [2.75, 3.05) is 5.32 Å². The number of anilines is 1. The highest BCUT2D eigenvalue weighted by atomic mass is 16.2. The summed E-state index contributed by atoms with van der Waals surface area (Å²) in [5, 5.41) is 4.87. The number of benzene rings is 2. The molecular weight excluding hydrogens is 290 g/mol. The molecule has 0 spiro atoms. The second-order valence-corrected chi connectivity index (χ2v) is 5.79. The van der Waals surface area contributed by atoms with Gasteiger partial charge in [-0.3, -0.25) is 9.59 Å². The maximum absolute atomic E-state index is 12.5. The third kappa shape index (κ3) is 2.21. The quantitative estimate of drug-likeness (QED) is 0.726. The van der Waals surface area contributed by atoms with Crippen LogP contribution in [0, 0.1) is 6.92 Å². The molecule has 1 aliphatic rings. The Labute approximate surface area is 132 Å². The molecular formula is C18H15N3O2. The molecule has 1 aliphatic heterocycles. The van der Waals surface area contributed by atoms with Gasteiger partial charge in [0.25, 0.3) is 5.56 Å². The van der Waals surface area contributed by atoms with E-state index in [1.54, 1.807) is 6.92 Å². The normalized spacial score (nSPS) is 16.9. The zero-order chi connectivity index (χ0) is 16.0. The monoisotopic (exact) mass is 305 g/mol. The van der Waals surface area contributed by atoms with Crippen molar-refractivity contribution in [3.05, 3.63) is 69.8 Å². The van der Waals surface area contributed by atoms with Crippen molar-refractivity contribution in [3.63, 3.8) is 0 Å². The molecule has 0 radical (unpaired) electrons. The summed E-state index contributed by atoms with van der Waals surface area (Å²) >= 11 is 0. The van der Waals surface area contributed by atoms with Crippen LogP contribution in [-0.4, -0.2) is 15.9 Å². The third-order valence-electron chi connectivity index (χ3n) is 4.27. The number of rotatable bonds is 1. The summed E-state index contributed by atoms with van der Waals surface area (Å²) in [5.74, 6) is 0.461. The molecule has 2 aromatic carbocycles. The fourth-order valence-electron chi connectivity index (χ4n) is 3.30. The van der Waals surface area contributed by atoms with Crippen LogP contribution in [0.3, 0.4) is 0 Å². The van der Waals surface area contributed by atoms with Crippen LogP contribution in [0.15, 0.2) is 47.3 Å². The molecule has 1 atom stereocenters. The van der Waals surface area contributed by atoms with Crippen LogP contribution < -0.4 is 10.9 Å². The summed E-state index contributed by atoms with van der Waals surface area (Å²) in [7, 11) is 0. The van der Waals surface area contributed by atoms with Gasteiger partial charge in [-0.05, 0) is 23.3 Å². The van der Waals surface area contributed by atoms with Gasteiger partial charge in [-0.1, -0.05) is 42.5 Å². The lowest BCUT2D eigenvalue weighted by Crippen LogP contribution is -2.31. The number of fused-ring (bicyclic) bond motifs is 2. The first-order chi connectivity index (χ1) is 11.1. The van der Waals surface area contributed by atoms with Gasteiger partial charge in [0.1, 0.15) is 11.6 Å². The molecule has 2 heterocycles. The van der Waals surface area contributed by atoms with Gasteiger partial charge in [0.05, 0.1) is 5.56 Å². The molecule has 3 aromatic rings. The molecule has 2 N–H and O–H groups in total. The summed E-state index contributed by atoms with van der Waals surface area (Å²) in [6.45, 7) is 1.70. The molecule has 23 heavy (non-hydrogen) atoms. The summed E-state index contributed by atoms with van der Waals surface area (Å²) in [6.07, 6.45) is 0.245. The number of carbonyl (C=O) groups excluding carboxylic acids is 1. The number of carbonyl (C=O) groups is 1. The Morgan fingerprint density at radius 1 is 1.09 bits per heavy atom. The van der Waals surface area contributed by atoms with Crippen LogP contribution in [0.25, 0.3) is 10.8 Å². The Morgan fingerprint density at radius 2 is 1.87 bits per heavy atom. The van der Waals surface area contributed by atoms with Crippen molar-refractivity contribution in [2.24, 2.45) is 0 Å². The minimum atomic E-state index is -0.290. The number of hydrogen-bond acceptors (Lipinski definition) is 3. The van der Waals surface area contributed by atoms with Gasteiger partial charge in [-0.15, -0.1) is 0 Å². The van der Waals surface area contributed by atoms with Crippen LogP contribution in [0.1, 0.15) is 29.3 Å². The van der Waals surface area contributed by atoms with Crippen molar-refractivity contribution in [3.8, 4) is 0 Å². The first-order valence-corrected chi connectivity index (χ1v) is 7.52. The summed E-state index contributed by atoms with van der Waals surface area (Å²) in [6, 6.07) is 14.0. The van der Waals surface area contributed by atoms with E-state index in [1.807, 2.05) is 42.5 Å². The maximum Gasteiger partial charge on any atom is 0.256 e. The summed E-state index contributed by atoms with van der Waals surface area (Å²) in [4.78, 5) is 31.6. The van der Waals surface area contributed by atoms with E-state index >= 15 is 0 Å². The van der Waals surface area contributed by atoms with Crippen molar-refractivity contribution in [2.45, 2.75) is 19.3 Å². The molecule has 0 saturated heterocycles. The maximum atomic E-state index is 12.5. The summed E-state index contributed by atoms with van der Waals surface area (Å²) in [5.41, 5.74) is 1.33. The lowest BCUT2D eigenvalue weighted by molar-refractivity contribution is -0.116. The lowest BCUT2D eigenvalue weighted by atomic mass is 9.84. The van der Waals surface area contributed by atoms with Crippen LogP contribution in [0.5, 0.6) is 0 Å². The standard InChI is InChI=1S/C18H15N3O2/c1-10-19-17-16(18(23)20-10)14(9-15(22)21-17)13-8-4-6-11-5-2-3-7-12(11)13/h2-8,14H,9H2,1H3,(H2,19,20,21,22,23)/t14-/m0/s1. The molecule has 0 saturated carbocycles. The van der Waals surface area contributed by atoms with E-state index in [4.69, 9.17) is 0 Å². The Morgan fingerprint density at radius 3 is 2.74 bits per heavy atom. The van der Waals surface area contributed by atoms with E-state index in [1.165, 1.54) is 0 Å². The minimum absolute atomic E-state index is 0.118. The van der Waals surface area contributed by atoms with E-state index in [2.05, 4.69) is 15.3 Å². The topological polar surface area (TPSA) is 74.8 Å².